The normalized spacial score (nSPS) is 11.0. The fourth-order valence-corrected chi connectivity index (χ4v) is 10.8. The first-order valence-corrected chi connectivity index (χ1v) is 25.2. The van der Waals surface area contributed by atoms with Crippen molar-refractivity contribution in [3.63, 3.8) is 0 Å². The molecule has 0 saturated carbocycles. The summed E-state index contributed by atoms with van der Waals surface area (Å²) >= 11 is 0. The Morgan fingerprint density at radius 3 is 1.04 bits per heavy atom. The first-order chi connectivity index (χ1) is 38.1. The van der Waals surface area contributed by atoms with Gasteiger partial charge in [0.25, 0.3) is 0 Å². The highest BCUT2D eigenvalue weighted by Crippen LogP contribution is 2.51. The third-order valence-electron chi connectivity index (χ3n) is 14.6. The van der Waals surface area contributed by atoms with Gasteiger partial charge in [-0.25, -0.2) is 18.5 Å². The van der Waals surface area contributed by atoms with Crippen molar-refractivity contribution in [1.82, 2.24) is 0 Å². The van der Waals surface area contributed by atoms with Crippen molar-refractivity contribution in [1.29, 1.82) is 10.5 Å². The van der Waals surface area contributed by atoms with Gasteiger partial charge in [0.2, 0.25) is 0 Å². The molecule has 0 fully saturated rings. The number of aryl methyl sites for hydroxylation is 2. The Hall–Kier alpha value is -10.9. The molecule has 0 aliphatic heterocycles. The van der Waals surface area contributed by atoms with E-state index < -0.39 is 11.6 Å². The summed E-state index contributed by atoms with van der Waals surface area (Å²) in [6.07, 6.45) is 0. The first kappa shape index (κ1) is 48.1. The fourth-order valence-electron chi connectivity index (χ4n) is 10.8. The summed E-state index contributed by atoms with van der Waals surface area (Å²) < 4.78 is 34.0. The van der Waals surface area contributed by atoms with Crippen LogP contribution in [0.1, 0.15) is 22.3 Å². The van der Waals surface area contributed by atoms with Crippen molar-refractivity contribution in [3.05, 3.63) is 275 Å². The van der Waals surface area contributed by atoms with E-state index in [4.69, 9.17) is 13.1 Å². The molecule has 0 amide bonds. The van der Waals surface area contributed by atoms with Gasteiger partial charge in [0, 0.05) is 22.1 Å². The molecule has 366 valence electrons. The molecule has 0 atom stereocenters. The Labute approximate surface area is 450 Å². The van der Waals surface area contributed by atoms with Crippen LogP contribution in [0.4, 0.5) is 54.3 Å². The molecule has 78 heavy (non-hydrogen) atoms. The SMILES string of the molecule is [C-]#[N+]c1ccc(-c2cc(-c3ccc(C#N)cc3)cc(N(c3c(C)cccc3F)c3ccc4ccc5c(N(c6cc(-c7ccc(C#N)cc7)cc(-c7ccc([N+]#[C-])cc7)c6)c6c(C)cccc6F)ccc6ccc3c4c65)c2)cc1. The average molecular weight is 1010 g/mol. The van der Waals surface area contributed by atoms with E-state index in [-0.39, 0.29) is 0 Å². The van der Waals surface area contributed by atoms with Crippen molar-refractivity contribution in [3.8, 4) is 56.6 Å². The van der Waals surface area contributed by atoms with Gasteiger partial charge in [-0.1, -0.05) is 133 Å². The minimum absolute atomic E-state index is 0.377. The van der Waals surface area contributed by atoms with Crippen LogP contribution in [0.2, 0.25) is 0 Å². The van der Waals surface area contributed by atoms with Crippen molar-refractivity contribution in [2.45, 2.75) is 13.8 Å². The molecule has 0 spiro atoms. The largest absolute Gasteiger partial charge is 0.307 e. The van der Waals surface area contributed by atoms with Crippen molar-refractivity contribution >= 4 is 77.8 Å². The van der Waals surface area contributed by atoms with Gasteiger partial charge in [-0.3, -0.25) is 0 Å². The van der Waals surface area contributed by atoms with Crippen LogP contribution in [0.5, 0.6) is 0 Å². The van der Waals surface area contributed by atoms with E-state index >= 15 is 8.78 Å². The topological polar surface area (TPSA) is 62.8 Å². The zero-order valence-electron chi connectivity index (χ0n) is 42.2. The Morgan fingerprint density at radius 2 is 0.718 bits per heavy atom. The predicted octanol–water partition coefficient (Wildman–Crippen LogP) is 19.9. The molecular formula is C70H42F2N6. The number of halogens is 2. The summed E-state index contributed by atoms with van der Waals surface area (Å²) in [6.45, 7) is 19.0. The fraction of sp³-hybridized carbons (Fsp3) is 0.0286. The van der Waals surface area contributed by atoms with E-state index in [1.165, 1.54) is 12.1 Å². The van der Waals surface area contributed by atoms with Crippen molar-refractivity contribution in [2.24, 2.45) is 0 Å². The van der Waals surface area contributed by atoms with Gasteiger partial charge in [0.1, 0.15) is 11.6 Å². The van der Waals surface area contributed by atoms with Crippen LogP contribution < -0.4 is 9.80 Å². The second kappa shape index (κ2) is 19.7. The Balaban J connectivity index is 1.12. The van der Waals surface area contributed by atoms with E-state index in [0.29, 0.717) is 45.3 Å². The van der Waals surface area contributed by atoms with Crippen LogP contribution >= 0.6 is 0 Å². The number of rotatable bonds is 10. The lowest BCUT2D eigenvalue weighted by atomic mass is 9.91. The average Bonchev–Trinajstić information content (AvgIpc) is 3.67. The summed E-state index contributed by atoms with van der Waals surface area (Å²) in [4.78, 5) is 11.2. The molecule has 0 radical (unpaired) electrons. The van der Waals surface area contributed by atoms with Crippen LogP contribution in [-0.2, 0) is 0 Å². The lowest BCUT2D eigenvalue weighted by Crippen LogP contribution is -2.15. The van der Waals surface area contributed by atoms with E-state index in [9.17, 15) is 10.5 Å². The second-order valence-corrected chi connectivity index (χ2v) is 19.3. The standard InChI is InChI=1S/C70H42F2N6/c1-43-7-5-9-63(71)69(43)77(59-37-53(47-15-11-45(41-73)12-16-47)35-55(39-59)49-19-27-57(75-3)28-20-49)65-33-25-51-24-32-62-66(34-26-52-23-31-61(65)67(51)68(52)62)78(70-44(2)8-6-10-64(70)72)60-38-54(48-17-13-46(42-74)14-18-48)36-56(40-60)50-21-29-58(76-4)30-22-50/h5-40H,1-2H3. The smallest absolute Gasteiger partial charge is 0.187 e. The van der Waals surface area contributed by atoms with Gasteiger partial charge in [0.15, 0.2) is 11.4 Å². The summed E-state index contributed by atoms with van der Waals surface area (Å²) in [6, 6.07) is 73.3. The number of hydrogen-bond acceptors (Lipinski definition) is 4. The lowest BCUT2D eigenvalue weighted by Gasteiger charge is -2.31. The molecule has 0 aliphatic rings. The van der Waals surface area contributed by atoms with Crippen LogP contribution in [0, 0.1) is 61.3 Å². The van der Waals surface area contributed by atoms with E-state index in [2.05, 4.69) is 82.5 Å². The van der Waals surface area contributed by atoms with Crippen molar-refractivity contribution in [2.75, 3.05) is 9.80 Å². The quantitative estimate of drug-likeness (QED) is 0.101. The molecule has 8 heteroatoms. The number of anilines is 6. The minimum Gasteiger partial charge on any atom is -0.307 e. The minimum atomic E-state index is -0.407. The Kier molecular flexibility index (Phi) is 12.2. The molecule has 0 aliphatic carbocycles. The molecule has 0 saturated heterocycles. The third-order valence-corrected chi connectivity index (χ3v) is 14.6. The van der Waals surface area contributed by atoms with Gasteiger partial charge >= 0.3 is 0 Å². The van der Waals surface area contributed by atoms with Gasteiger partial charge in [-0.2, -0.15) is 10.5 Å². The number of benzene rings is 12. The molecule has 12 aromatic rings. The lowest BCUT2D eigenvalue weighted by molar-refractivity contribution is 0.627. The van der Waals surface area contributed by atoms with Crippen LogP contribution in [-0.4, -0.2) is 0 Å². The third kappa shape index (κ3) is 8.53. The maximum absolute atomic E-state index is 17.0. The summed E-state index contributed by atoms with van der Waals surface area (Å²) in [5, 5.41) is 24.9. The van der Waals surface area contributed by atoms with Crippen molar-refractivity contribution < 1.29 is 8.78 Å². The maximum atomic E-state index is 17.0. The molecule has 0 aromatic heterocycles. The van der Waals surface area contributed by atoms with E-state index in [1.807, 2.05) is 109 Å². The highest BCUT2D eigenvalue weighted by atomic mass is 19.1. The Morgan fingerprint density at radius 1 is 0.385 bits per heavy atom. The second-order valence-electron chi connectivity index (χ2n) is 19.3. The van der Waals surface area contributed by atoms with Gasteiger partial charge in [-0.15, -0.1) is 0 Å². The van der Waals surface area contributed by atoms with Crippen LogP contribution in [0.3, 0.4) is 0 Å². The molecule has 0 N–H and O–H groups in total. The number of hydrogen-bond donors (Lipinski definition) is 0. The summed E-state index contributed by atoms with van der Waals surface area (Å²) in [5.74, 6) is -0.814. The predicted molar refractivity (Wildman–Crippen MR) is 313 cm³/mol. The molecule has 0 bridgehead atoms. The zero-order chi connectivity index (χ0) is 53.6. The van der Waals surface area contributed by atoms with Gasteiger partial charge in [-0.05, 0) is 176 Å². The first-order valence-electron chi connectivity index (χ1n) is 25.2. The highest BCUT2D eigenvalue weighted by molar-refractivity contribution is 6.28. The highest BCUT2D eigenvalue weighted by Gasteiger charge is 2.27. The maximum Gasteiger partial charge on any atom is 0.187 e. The van der Waals surface area contributed by atoms with Crippen LogP contribution in [0.25, 0.3) is 86.5 Å². The molecule has 0 heterocycles. The molecule has 12 aromatic carbocycles. The number of nitrogens with zero attached hydrogens (tertiary/aromatic N) is 6. The monoisotopic (exact) mass is 1000 g/mol. The van der Waals surface area contributed by atoms with Crippen LogP contribution in [0.15, 0.2) is 218 Å². The van der Waals surface area contributed by atoms with E-state index in [1.54, 1.807) is 60.7 Å². The number of para-hydroxylation sites is 2. The van der Waals surface area contributed by atoms with E-state index in [0.717, 1.165) is 99.3 Å². The molecule has 0 unspecified atom stereocenters. The van der Waals surface area contributed by atoms with Gasteiger partial charge < -0.3 is 9.80 Å². The molecule has 6 nitrogen and oxygen atoms in total. The number of nitriles is 2. The van der Waals surface area contributed by atoms with Gasteiger partial charge in [0.05, 0.1) is 59.2 Å². The zero-order valence-corrected chi connectivity index (χ0v) is 42.2. The molecule has 12 rings (SSSR count). The Bertz CT molecular complexity index is 4040. The summed E-state index contributed by atoms with van der Waals surface area (Å²) in [5.41, 5.74) is 14.0. The molecular weight excluding hydrogens is 963 g/mol. The summed E-state index contributed by atoms with van der Waals surface area (Å²) in [7, 11) is 0.